The van der Waals surface area contributed by atoms with Gasteiger partial charge < -0.3 is 14.8 Å². The van der Waals surface area contributed by atoms with Crippen LogP contribution in [0.2, 0.25) is 0 Å². The Kier molecular flexibility index (Phi) is 6.53. The monoisotopic (exact) mass is 443 g/mol. The van der Waals surface area contributed by atoms with Crippen LogP contribution in [0, 0.1) is 0 Å². The van der Waals surface area contributed by atoms with Gasteiger partial charge in [-0.1, -0.05) is 15.9 Å². The number of nitrogens with one attached hydrogen (secondary N) is 1. The first kappa shape index (κ1) is 20.1. The van der Waals surface area contributed by atoms with Crippen molar-refractivity contribution < 1.29 is 36.2 Å². The number of rotatable bonds is 7. The molecule has 2 aromatic rings. The summed E-state index contributed by atoms with van der Waals surface area (Å²) in [4.78, 5) is 12.2. The van der Waals surface area contributed by atoms with Crippen molar-refractivity contribution >= 4 is 27.5 Å². The molecule has 1 heterocycles. The van der Waals surface area contributed by atoms with Crippen molar-refractivity contribution in [1.29, 1.82) is 0 Å². The molecular formula is C14H11BrF5N3O3. The van der Waals surface area contributed by atoms with E-state index in [0.717, 1.165) is 4.68 Å². The Hall–Kier alpha value is -2.21. The molecule has 0 saturated heterocycles. The van der Waals surface area contributed by atoms with Gasteiger partial charge in [-0.25, -0.2) is 4.68 Å². The number of alkyl halides is 5. The summed E-state index contributed by atoms with van der Waals surface area (Å²) in [5.74, 6) is -1.10. The smallest absolute Gasteiger partial charge is 0.411 e. The fourth-order valence-electron chi connectivity index (χ4n) is 1.83. The van der Waals surface area contributed by atoms with Gasteiger partial charge in [-0.15, -0.1) is 0 Å². The molecule has 0 aliphatic heterocycles. The third-order valence-electron chi connectivity index (χ3n) is 2.78. The number of hydrogen-bond donors (Lipinski definition) is 1. The van der Waals surface area contributed by atoms with Gasteiger partial charge in [0.1, 0.15) is 19.1 Å². The number of hydrogen-bond acceptors (Lipinski definition) is 4. The molecule has 0 spiro atoms. The van der Waals surface area contributed by atoms with Gasteiger partial charge in [-0.05, 0) is 18.2 Å². The molecule has 0 fully saturated rings. The summed E-state index contributed by atoms with van der Waals surface area (Å²) < 4.78 is 71.0. The highest BCUT2D eigenvalue weighted by molar-refractivity contribution is 9.10. The van der Waals surface area contributed by atoms with Crippen LogP contribution < -0.4 is 10.1 Å². The van der Waals surface area contributed by atoms with E-state index in [1.165, 1.54) is 30.6 Å². The lowest BCUT2D eigenvalue weighted by Gasteiger charge is -2.10. The van der Waals surface area contributed by atoms with E-state index in [4.69, 9.17) is 0 Å². The van der Waals surface area contributed by atoms with Gasteiger partial charge in [0.05, 0.1) is 23.6 Å². The number of benzene rings is 1. The molecule has 1 N–H and O–H groups in total. The van der Waals surface area contributed by atoms with E-state index in [0.29, 0.717) is 4.47 Å². The molecule has 12 heteroatoms. The first-order valence-corrected chi connectivity index (χ1v) is 7.66. The van der Waals surface area contributed by atoms with Crippen LogP contribution in [0.5, 0.6) is 5.75 Å². The van der Waals surface area contributed by atoms with Crippen molar-refractivity contribution in [2.75, 3.05) is 11.9 Å². The Morgan fingerprint density at radius 1 is 1.35 bits per heavy atom. The van der Waals surface area contributed by atoms with Crippen molar-refractivity contribution in [3.05, 3.63) is 40.6 Å². The second-order valence-corrected chi connectivity index (χ2v) is 5.75. The second-order valence-electron chi connectivity index (χ2n) is 4.83. The van der Waals surface area contributed by atoms with Crippen LogP contribution in [0.3, 0.4) is 0 Å². The Balaban J connectivity index is 2.03. The molecule has 0 aliphatic carbocycles. The number of ether oxygens (including phenoxy) is 2. The predicted octanol–water partition coefficient (Wildman–Crippen LogP) is 4.04. The number of aromatic nitrogens is 2. The lowest BCUT2D eigenvalue weighted by molar-refractivity contribution is -0.182. The maximum atomic E-state index is 12.4. The third-order valence-corrected chi connectivity index (χ3v) is 3.28. The van der Waals surface area contributed by atoms with E-state index in [1.54, 1.807) is 0 Å². The normalized spacial score (nSPS) is 11.7. The standard InChI is InChI=1S/C14H11BrF5N3O3/c15-8-1-2-11(26-13(16)17)10(3-8)12(24)22-9-4-21-23(5-9)7-25-6-14(18,19)20/h1-5,13H,6-7H2,(H,22,24). The van der Waals surface area contributed by atoms with Crippen LogP contribution in [0.15, 0.2) is 35.1 Å². The summed E-state index contributed by atoms with van der Waals surface area (Å²) in [7, 11) is 0. The van der Waals surface area contributed by atoms with E-state index in [9.17, 15) is 26.7 Å². The molecule has 1 aromatic heterocycles. The molecule has 1 amide bonds. The second kappa shape index (κ2) is 8.45. The van der Waals surface area contributed by atoms with E-state index < -0.39 is 32.0 Å². The topological polar surface area (TPSA) is 65.4 Å². The number of carbonyl (C=O) groups is 1. The summed E-state index contributed by atoms with van der Waals surface area (Å²) in [6, 6.07) is 3.90. The molecular weight excluding hydrogens is 433 g/mol. The molecule has 0 saturated carbocycles. The third kappa shape index (κ3) is 6.26. The molecule has 0 radical (unpaired) electrons. The van der Waals surface area contributed by atoms with Crippen molar-refractivity contribution in [2.45, 2.75) is 19.5 Å². The highest BCUT2D eigenvalue weighted by atomic mass is 79.9. The van der Waals surface area contributed by atoms with Crippen LogP contribution >= 0.6 is 15.9 Å². The lowest BCUT2D eigenvalue weighted by Crippen LogP contribution is -2.18. The molecule has 0 unspecified atom stereocenters. The van der Waals surface area contributed by atoms with Crippen LogP contribution in [-0.2, 0) is 11.5 Å². The molecule has 142 valence electrons. The van der Waals surface area contributed by atoms with Gasteiger partial charge in [0, 0.05) is 4.47 Å². The molecule has 1 aromatic carbocycles. The minimum absolute atomic E-state index is 0.133. The molecule has 0 aliphatic rings. The lowest BCUT2D eigenvalue weighted by atomic mass is 10.2. The molecule has 2 rings (SSSR count). The zero-order valence-electron chi connectivity index (χ0n) is 12.8. The Morgan fingerprint density at radius 2 is 2.08 bits per heavy atom. The van der Waals surface area contributed by atoms with E-state index >= 15 is 0 Å². The highest BCUT2D eigenvalue weighted by Gasteiger charge is 2.27. The average molecular weight is 444 g/mol. The highest BCUT2D eigenvalue weighted by Crippen LogP contribution is 2.26. The number of nitrogens with zero attached hydrogens (tertiary/aromatic N) is 2. The molecule has 6 nitrogen and oxygen atoms in total. The fraction of sp³-hybridized carbons (Fsp3) is 0.286. The fourth-order valence-corrected chi connectivity index (χ4v) is 2.19. The van der Waals surface area contributed by atoms with Gasteiger partial charge in [0.15, 0.2) is 0 Å². The summed E-state index contributed by atoms with van der Waals surface area (Å²) in [5, 5.41) is 6.10. The van der Waals surface area contributed by atoms with Gasteiger partial charge >= 0.3 is 12.8 Å². The van der Waals surface area contributed by atoms with Crippen molar-refractivity contribution in [3.63, 3.8) is 0 Å². The quantitative estimate of drug-likeness (QED) is 0.656. The number of amides is 1. The van der Waals surface area contributed by atoms with E-state index in [1.807, 2.05) is 0 Å². The van der Waals surface area contributed by atoms with Crippen molar-refractivity contribution in [1.82, 2.24) is 9.78 Å². The number of anilines is 1. The average Bonchev–Trinajstić information content (AvgIpc) is 2.94. The summed E-state index contributed by atoms with van der Waals surface area (Å²) in [6.07, 6.45) is -2.08. The van der Waals surface area contributed by atoms with Crippen LogP contribution in [0.4, 0.5) is 27.6 Å². The number of carbonyl (C=O) groups excluding carboxylic acids is 1. The molecule has 0 atom stereocenters. The van der Waals surface area contributed by atoms with Gasteiger partial charge in [-0.2, -0.15) is 27.1 Å². The van der Waals surface area contributed by atoms with Crippen molar-refractivity contribution in [3.8, 4) is 5.75 Å². The van der Waals surface area contributed by atoms with Gasteiger partial charge in [0.2, 0.25) is 0 Å². The maximum Gasteiger partial charge on any atom is 0.411 e. The van der Waals surface area contributed by atoms with E-state index in [-0.39, 0.29) is 17.0 Å². The van der Waals surface area contributed by atoms with Gasteiger partial charge in [0.25, 0.3) is 5.91 Å². The summed E-state index contributed by atoms with van der Waals surface area (Å²) >= 11 is 3.12. The minimum atomic E-state index is -4.47. The molecule has 26 heavy (non-hydrogen) atoms. The van der Waals surface area contributed by atoms with Crippen LogP contribution in [0.25, 0.3) is 0 Å². The van der Waals surface area contributed by atoms with Crippen LogP contribution in [0.1, 0.15) is 10.4 Å². The van der Waals surface area contributed by atoms with Crippen LogP contribution in [-0.4, -0.2) is 35.1 Å². The molecule has 0 bridgehead atoms. The zero-order valence-corrected chi connectivity index (χ0v) is 14.4. The first-order chi connectivity index (χ1) is 12.1. The summed E-state index contributed by atoms with van der Waals surface area (Å²) in [5.41, 5.74) is -0.0330. The van der Waals surface area contributed by atoms with E-state index in [2.05, 4.69) is 35.8 Å². The van der Waals surface area contributed by atoms with Crippen molar-refractivity contribution in [2.24, 2.45) is 0 Å². The Labute approximate surface area is 152 Å². The Bertz CT molecular complexity index is 767. The number of halogens is 6. The summed E-state index contributed by atoms with van der Waals surface area (Å²) in [6.45, 7) is -5.04. The zero-order chi connectivity index (χ0) is 19.3. The largest absolute Gasteiger partial charge is 0.434 e. The van der Waals surface area contributed by atoms with Gasteiger partial charge in [-0.3, -0.25) is 4.79 Å². The Morgan fingerprint density at radius 3 is 2.73 bits per heavy atom. The maximum absolute atomic E-state index is 12.4. The first-order valence-electron chi connectivity index (χ1n) is 6.87. The SMILES string of the molecule is O=C(Nc1cnn(COCC(F)(F)F)c1)c1cc(Br)ccc1OC(F)F. The predicted molar refractivity (Wildman–Crippen MR) is 83.0 cm³/mol. The minimum Gasteiger partial charge on any atom is -0.434 e.